The molecule has 1 amide bonds. The van der Waals surface area contributed by atoms with Crippen molar-refractivity contribution in [3.8, 4) is 0 Å². The third-order valence-corrected chi connectivity index (χ3v) is 5.00. The third kappa shape index (κ3) is 3.93. The van der Waals surface area contributed by atoms with Crippen LogP contribution >= 0.6 is 15.9 Å². The first-order valence-electron chi connectivity index (χ1n) is 8.72. The Morgan fingerprint density at radius 3 is 2.63 bits per heavy atom. The number of anilines is 2. The fourth-order valence-electron chi connectivity index (χ4n) is 2.88. The van der Waals surface area contributed by atoms with Gasteiger partial charge in [-0.25, -0.2) is 14.4 Å². The second-order valence-electron chi connectivity index (χ2n) is 6.10. The number of carbonyl (C=O) groups excluding carboxylic acids is 1. The number of halogens is 2. The second kappa shape index (κ2) is 8.00. The molecule has 0 spiro atoms. The van der Waals surface area contributed by atoms with E-state index in [-0.39, 0.29) is 11.7 Å². The second-order valence-corrected chi connectivity index (χ2v) is 6.95. The molecule has 0 unspecified atom stereocenters. The van der Waals surface area contributed by atoms with E-state index in [1.54, 1.807) is 17.2 Å². The zero-order chi connectivity index (χ0) is 19.6. The van der Waals surface area contributed by atoms with Gasteiger partial charge in [0.25, 0.3) is 5.91 Å². The smallest absolute Gasteiger partial charge is 0.257 e. The molecule has 0 saturated carbocycles. The third-order valence-electron chi connectivity index (χ3n) is 4.34. The number of aryl methyl sites for hydroxylation is 1. The Balaban J connectivity index is 2.19. The molecular formula is C20H20BrFN4O. The van der Waals surface area contributed by atoms with Crippen LogP contribution in [0.15, 0.2) is 41.0 Å². The van der Waals surface area contributed by atoms with Crippen LogP contribution in [0.2, 0.25) is 0 Å². The number of hydrogen-bond donors (Lipinski definition) is 1. The van der Waals surface area contributed by atoms with Crippen molar-refractivity contribution in [1.82, 2.24) is 14.9 Å². The predicted octanol–water partition coefficient (Wildman–Crippen LogP) is 5.07. The summed E-state index contributed by atoms with van der Waals surface area (Å²) in [7, 11) is 0. The Morgan fingerprint density at radius 1 is 1.22 bits per heavy atom. The van der Waals surface area contributed by atoms with Gasteiger partial charge in [0, 0.05) is 34.8 Å². The summed E-state index contributed by atoms with van der Waals surface area (Å²) in [4.78, 5) is 23.6. The molecule has 0 saturated heterocycles. The van der Waals surface area contributed by atoms with Crippen LogP contribution in [0.3, 0.4) is 0 Å². The minimum Gasteiger partial charge on any atom is -0.353 e. The Kier molecular flexibility index (Phi) is 5.70. The zero-order valence-corrected chi connectivity index (χ0v) is 17.0. The Bertz CT molecular complexity index is 1000. The van der Waals surface area contributed by atoms with E-state index < -0.39 is 0 Å². The first kappa shape index (κ1) is 19.2. The van der Waals surface area contributed by atoms with Crippen molar-refractivity contribution in [3.05, 3.63) is 58.1 Å². The van der Waals surface area contributed by atoms with Crippen molar-refractivity contribution in [2.24, 2.45) is 0 Å². The van der Waals surface area contributed by atoms with Crippen LogP contribution in [0, 0.1) is 12.7 Å². The summed E-state index contributed by atoms with van der Waals surface area (Å²) in [6, 6.07) is 8.13. The number of benzene rings is 1. The van der Waals surface area contributed by atoms with Crippen molar-refractivity contribution in [1.29, 1.82) is 0 Å². The number of pyridine rings is 2. The van der Waals surface area contributed by atoms with Crippen LogP contribution in [0.1, 0.15) is 29.9 Å². The highest BCUT2D eigenvalue weighted by molar-refractivity contribution is 9.10. The summed E-state index contributed by atoms with van der Waals surface area (Å²) in [6.07, 6.45) is 1.55. The monoisotopic (exact) mass is 430 g/mol. The number of nitrogens with zero attached hydrogens (tertiary/aromatic N) is 3. The summed E-state index contributed by atoms with van der Waals surface area (Å²) >= 11 is 3.37. The van der Waals surface area contributed by atoms with Gasteiger partial charge in [-0.15, -0.1) is 0 Å². The number of amides is 1. The highest BCUT2D eigenvalue weighted by Gasteiger charge is 2.20. The first-order chi connectivity index (χ1) is 12.9. The molecule has 2 heterocycles. The summed E-state index contributed by atoms with van der Waals surface area (Å²) in [5.41, 5.74) is 3.10. The van der Waals surface area contributed by atoms with E-state index in [9.17, 15) is 9.18 Å². The molecule has 1 N–H and O–H groups in total. The van der Waals surface area contributed by atoms with Crippen LogP contribution in [0.5, 0.6) is 0 Å². The summed E-state index contributed by atoms with van der Waals surface area (Å²) in [6.45, 7) is 6.95. The molecule has 0 bridgehead atoms. The van der Waals surface area contributed by atoms with Gasteiger partial charge in [0.15, 0.2) is 5.65 Å². The Hall–Kier alpha value is -2.54. The van der Waals surface area contributed by atoms with Gasteiger partial charge in [-0.3, -0.25) is 4.79 Å². The highest BCUT2D eigenvalue weighted by Crippen LogP contribution is 2.33. The standard InChI is InChI=1S/C20H20BrFN4O/c1-4-26(5-2)20(27)15-11-23-19-14(8-6-12(3)24-19)18(15)25-17-9-7-13(22)10-16(17)21/h6-11H,4-5H2,1-3H3,(H,23,24,25). The van der Waals surface area contributed by atoms with Gasteiger partial charge in [0.1, 0.15) is 5.82 Å². The molecule has 140 valence electrons. The molecule has 0 atom stereocenters. The molecule has 5 nitrogen and oxygen atoms in total. The van der Waals surface area contributed by atoms with Crippen molar-refractivity contribution < 1.29 is 9.18 Å². The van der Waals surface area contributed by atoms with Gasteiger partial charge in [0.05, 0.1) is 16.9 Å². The summed E-state index contributed by atoms with van der Waals surface area (Å²) in [5, 5.41) is 4.00. The molecule has 27 heavy (non-hydrogen) atoms. The topological polar surface area (TPSA) is 58.1 Å². The molecule has 3 rings (SSSR count). The van der Waals surface area contributed by atoms with Gasteiger partial charge in [-0.1, -0.05) is 0 Å². The normalized spacial score (nSPS) is 10.9. The van der Waals surface area contributed by atoms with Crippen LogP contribution in [-0.2, 0) is 0 Å². The number of fused-ring (bicyclic) bond motifs is 1. The Morgan fingerprint density at radius 2 is 1.96 bits per heavy atom. The van der Waals surface area contributed by atoms with Crippen molar-refractivity contribution >= 4 is 44.2 Å². The lowest BCUT2D eigenvalue weighted by Gasteiger charge is -2.21. The maximum atomic E-state index is 13.5. The first-order valence-corrected chi connectivity index (χ1v) is 9.51. The lowest BCUT2D eigenvalue weighted by Crippen LogP contribution is -2.31. The molecule has 1 aromatic carbocycles. The number of carbonyl (C=O) groups is 1. The zero-order valence-electron chi connectivity index (χ0n) is 15.4. The van der Waals surface area contributed by atoms with Crippen molar-refractivity contribution in [2.45, 2.75) is 20.8 Å². The fraction of sp³-hybridized carbons (Fsp3) is 0.250. The molecular weight excluding hydrogens is 411 g/mol. The average molecular weight is 431 g/mol. The molecule has 0 aliphatic heterocycles. The van der Waals surface area contributed by atoms with Crippen LogP contribution < -0.4 is 5.32 Å². The van der Waals surface area contributed by atoms with E-state index in [0.717, 1.165) is 11.1 Å². The predicted molar refractivity (Wildman–Crippen MR) is 109 cm³/mol. The van der Waals surface area contributed by atoms with E-state index >= 15 is 0 Å². The average Bonchev–Trinajstić information content (AvgIpc) is 2.64. The lowest BCUT2D eigenvalue weighted by molar-refractivity contribution is 0.0774. The highest BCUT2D eigenvalue weighted by atomic mass is 79.9. The maximum absolute atomic E-state index is 13.5. The molecule has 3 aromatic rings. The number of aromatic nitrogens is 2. The van der Waals surface area contributed by atoms with Gasteiger partial charge in [0.2, 0.25) is 0 Å². The van der Waals surface area contributed by atoms with Crippen LogP contribution in [0.25, 0.3) is 11.0 Å². The number of nitrogens with one attached hydrogen (secondary N) is 1. The number of rotatable bonds is 5. The summed E-state index contributed by atoms with van der Waals surface area (Å²) < 4.78 is 14.0. The van der Waals surface area contributed by atoms with E-state index in [2.05, 4.69) is 31.2 Å². The number of hydrogen-bond acceptors (Lipinski definition) is 4. The quantitative estimate of drug-likeness (QED) is 0.613. The molecule has 7 heteroatoms. The maximum Gasteiger partial charge on any atom is 0.257 e. The van der Waals surface area contributed by atoms with E-state index in [4.69, 9.17) is 0 Å². The minimum absolute atomic E-state index is 0.115. The van der Waals surface area contributed by atoms with Crippen molar-refractivity contribution in [2.75, 3.05) is 18.4 Å². The molecule has 0 radical (unpaired) electrons. The van der Waals surface area contributed by atoms with E-state index in [1.165, 1.54) is 12.1 Å². The van der Waals surface area contributed by atoms with Crippen LogP contribution in [-0.4, -0.2) is 33.9 Å². The minimum atomic E-state index is -0.344. The van der Waals surface area contributed by atoms with Gasteiger partial charge in [-0.2, -0.15) is 0 Å². The molecule has 0 fully saturated rings. The largest absolute Gasteiger partial charge is 0.353 e. The molecule has 0 aliphatic carbocycles. The lowest BCUT2D eigenvalue weighted by atomic mass is 10.1. The van der Waals surface area contributed by atoms with Gasteiger partial charge >= 0.3 is 0 Å². The molecule has 0 aliphatic rings. The van der Waals surface area contributed by atoms with Gasteiger partial charge in [-0.05, 0) is 67.0 Å². The summed E-state index contributed by atoms with van der Waals surface area (Å²) in [5.74, 6) is -0.459. The molecule has 2 aromatic heterocycles. The van der Waals surface area contributed by atoms with E-state index in [1.807, 2.05) is 32.9 Å². The fourth-order valence-corrected chi connectivity index (χ4v) is 3.33. The van der Waals surface area contributed by atoms with Gasteiger partial charge < -0.3 is 10.2 Å². The van der Waals surface area contributed by atoms with Crippen LogP contribution in [0.4, 0.5) is 15.8 Å². The SMILES string of the molecule is CCN(CC)C(=O)c1cnc2nc(C)ccc2c1Nc1ccc(F)cc1Br. The van der Waals surface area contributed by atoms with E-state index in [0.29, 0.717) is 40.1 Å². The van der Waals surface area contributed by atoms with Crippen molar-refractivity contribution in [3.63, 3.8) is 0 Å². The Labute approximate surface area is 165 Å².